The molecule has 0 radical (unpaired) electrons. The predicted octanol–water partition coefficient (Wildman–Crippen LogP) is 5.38. The molecule has 4 rings (SSSR count). The van der Waals surface area contributed by atoms with E-state index in [1.165, 1.54) is 0 Å². The maximum Gasteiger partial charge on any atom is 0.277 e. The van der Waals surface area contributed by atoms with Crippen LogP contribution in [0.2, 0.25) is 10.0 Å². The molecule has 8 heteroatoms. The van der Waals surface area contributed by atoms with Crippen molar-refractivity contribution >= 4 is 35.3 Å². The van der Waals surface area contributed by atoms with Gasteiger partial charge in [-0.3, -0.25) is 4.79 Å². The second-order valence-electron chi connectivity index (χ2n) is 6.74. The number of amides is 1. The van der Waals surface area contributed by atoms with Crippen molar-refractivity contribution < 1.29 is 9.53 Å². The first kappa shape index (κ1) is 21.6. The molecule has 0 atom stereocenters. The van der Waals surface area contributed by atoms with Gasteiger partial charge in [0.25, 0.3) is 5.91 Å². The number of hydrogen-bond acceptors (Lipinski definition) is 4. The monoisotopic (exact) mass is 464 g/mol. The van der Waals surface area contributed by atoms with Gasteiger partial charge in [0.15, 0.2) is 6.61 Å². The Labute approximate surface area is 195 Å². The van der Waals surface area contributed by atoms with Gasteiger partial charge in [0.2, 0.25) is 0 Å². The van der Waals surface area contributed by atoms with E-state index in [1.807, 2.05) is 66.9 Å². The molecule has 3 aromatic carbocycles. The molecule has 0 fully saturated rings. The summed E-state index contributed by atoms with van der Waals surface area (Å²) in [4.78, 5) is 12.1. The summed E-state index contributed by atoms with van der Waals surface area (Å²) in [6, 6.07) is 24.3. The number of nitrogens with zero attached hydrogens (tertiary/aromatic N) is 3. The van der Waals surface area contributed by atoms with Crippen molar-refractivity contribution in [2.24, 2.45) is 5.10 Å². The molecule has 32 heavy (non-hydrogen) atoms. The highest BCUT2D eigenvalue weighted by Gasteiger charge is 2.11. The van der Waals surface area contributed by atoms with Gasteiger partial charge in [-0.2, -0.15) is 10.2 Å². The molecule has 0 saturated heterocycles. The van der Waals surface area contributed by atoms with Crippen LogP contribution in [-0.4, -0.2) is 28.5 Å². The molecule has 0 unspecified atom stereocenters. The van der Waals surface area contributed by atoms with Crippen molar-refractivity contribution in [2.45, 2.75) is 0 Å². The van der Waals surface area contributed by atoms with E-state index in [0.29, 0.717) is 15.8 Å². The molecule has 160 valence electrons. The second-order valence-corrected chi connectivity index (χ2v) is 7.58. The van der Waals surface area contributed by atoms with Crippen LogP contribution in [-0.2, 0) is 4.79 Å². The van der Waals surface area contributed by atoms with Crippen molar-refractivity contribution in [1.82, 2.24) is 15.2 Å². The molecule has 0 spiro atoms. The largest absolute Gasteiger partial charge is 0.482 e. The van der Waals surface area contributed by atoms with Crippen LogP contribution in [0.1, 0.15) is 5.56 Å². The normalized spacial score (nSPS) is 10.9. The number of rotatable bonds is 7. The summed E-state index contributed by atoms with van der Waals surface area (Å²) in [6.45, 7) is -0.243. The van der Waals surface area contributed by atoms with Crippen molar-refractivity contribution in [3.63, 3.8) is 0 Å². The van der Waals surface area contributed by atoms with Crippen molar-refractivity contribution in [3.8, 4) is 22.7 Å². The number of benzene rings is 3. The topological polar surface area (TPSA) is 68.5 Å². The summed E-state index contributed by atoms with van der Waals surface area (Å²) in [5.74, 6) is -0.0605. The van der Waals surface area contributed by atoms with Gasteiger partial charge >= 0.3 is 0 Å². The minimum absolute atomic E-state index is 0.243. The van der Waals surface area contributed by atoms with Gasteiger partial charge in [-0.25, -0.2) is 10.1 Å². The first-order chi connectivity index (χ1) is 15.6. The smallest absolute Gasteiger partial charge is 0.277 e. The number of halogens is 2. The van der Waals surface area contributed by atoms with Gasteiger partial charge in [-0.15, -0.1) is 0 Å². The quantitative estimate of drug-likeness (QED) is 0.295. The highest BCUT2D eigenvalue weighted by Crippen LogP contribution is 2.27. The number of carbonyl (C=O) groups excluding carboxylic acids is 1. The van der Waals surface area contributed by atoms with E-state index in [0.717, 1.165) is 22.5 Å². The summed E-state index contributed by atoms with van der Waals surface area (Å²) in [5.41, 5.74) is 5.82. The summed E-state index contributed by atoms with van der Waals surface area (Å²) >= 11 is 11.9. The van der Waals surface area contributed by atoms with Crippen molar-refractivity contribution in [2.75, 3.05) is 6.61 Å². The summed E-state index contributed by atoms with van der Waals surface area (Å²) in [5, 5.41) is 9.59. The molecule has 4 aromatic rings. The highest BCUT2D eigenvalue weighted by molar-refractivity contribution is 6.35. The van der Waals surface area contributed by atoms with Gasteiger partial charge in [0.05, 0.1) is 16.9 Å². The summed E-state index contributed by atoms with van der Waals surface area (Å²) in [6.07, 6.45) is 3.42. The molecular formula is C24H18Cl2N4O2. The molecular weight excluding hydrogens is 447 g/mol. The number of ether oxygens (including phenoxy) is 1. The van der Waals surface area contributed by atoms with E-state index >= 15 is 0 Å². The Balaban J connectivity index is 1.47. The van der Waals surface area contributed by atoms with Crippen LogP contribution in [0.25, 0.3) is 16.9 Å². The Bertz CT molecular complexity index is 1240. The summed E-state index contributed by atoms with van der Waals surface area (Å²) < 4.78 is 7.19. The number of carbonyl (C=O) groups is 1. The maximum absolute atomic E-state index is 12.1. The van der Waals surface area contributed by atoms with Gasteiger partial charge in [0, 0.05) is 22.3 Å². The third-order valence-electron chi connectivity index (χ3n) is 4.46. The zero-order valence-electron chi connectivity index (χ0n) is 16.8. The molecule has 1 N–H and O–H groups in total. The van der Waals surface area contributed by atoms with Crippen LogP contribution < -0.4 is 10.2 Å². The predicted molar refractivity (Wildman–Crippen MR) is 127 cm³/mol. The molecule has 0 aliphatic rings. The average Bonchev–Trinajstić information content (AvgIpc) is 3.24. The SMILES string of the molecule is O=C(COc1ccc(Cl)cc1Cl)N/N=C\c1cn(-c2ccccc2)nc1-c1ccccc1. The lowest BCUT2D eigenvalue weighted by molar-refractivity contribution is -0.123. The standard InChI is InChI=1S/C24H18Cl2N4O2/c25-19-11-12-22(21(26)13-19)32-16-23(31)28-27-14-18-15-30(20-9-5-2-6-10-20)29-24(18)17-7-3-1-4-8-17/h1-15H,16H2,(H,28,31)/b27-14-. The molecule has 6 nitrogen and oxygen atoms in total. The van der Waals surface area contributed by atoms with E-state index < -0.39 is 5.91 Å². The van der Waals surface area contributed by atoms with Crippen LogP contribution in [0.3, 0.4) is 0 Å². The van der Waals surface area contributed by atoms with Crippen LogP contribution in [0, 0.1) is 0 Å². The fraction of sp³-hybridized carbons (Fsp3) is 0.0417. The van der Waals surface area contributed by atoms with Gasteiger partial charge in [0.1, 0.15) is 11.4 Å². The Hall–Kier alpha value is -3.61. The van der Waals surface area contributed by atoms with Crippen LogP contribution >= 0.6 is 23.2 Å². The number of hydrazone groups is 1. The van der Waals surface area contributed by atoms with E-state index in [-0.39, 0.29) is 6.61 Å². The fourth-order valence-corrected chi connectivity index (χ4v) is 3.42. The third-order valence-corrected chi connectivity index (χ3v) is 4.99. The van der Waals surface area contributed by atoms with E-state index in [1.54, 1.807) is 29.1 Å². The van der Waals surface area contributed by atoms with E-state index in [4.69, 9.17) is 33.0 Å². The summed E-state index contributed by atoms with van der Waals surface area (Å²) in [7, 11) is 0. The molecule has 1 aromatic heterocycles. The number of nitrogens with one attached hydrogen (secondary N) is 1. The van der Waals surface area contributed by atoms with Crippen molar-refractivity contribution in [3.05, 3.63) is 101 Å². The van der Waals surface area contributed by atoms with E-state index in [9.17, 15) is 4.79 Å². The lowest BCUT2D eigenvalue weighted by Crippen LogP contribution is -2.24. The Morgan fingerprint density at radius 1 is 1.03 bits per heavy atom. The molecule has 0 aliphatic carbocycles. The molecule has 1 heterocycles. The lowest BCUT2D eigenvalue weighted by atomic mass is 10.1. The first-order valence-corrected chi connectivity index (χ1v) is 10.5. The Morgan fingerprint density at radius 2 is 1.75 bits per heavy atom. The molecule has 0 bridgehead atoms. The Morgan fingerprint density at radius 3 is 2.47 bits per heavy atom. The van der Waals surface area contributed by atoms with E-state index in [2.05, 4.69) is 10.5 Å². The lowest BCUT2D eigenvalue weighted by Gasteiger charge is -2.06. The van der Waals surface area contributed by atoms with Gasteiger partial charge in [-0.05, 0) is 30.3 Å². The zero-order chi connectivity index (χ0) is 22.3. The average molecular weight is 465 g/mol. The minimum atomic E-state index is -0.427. The fourth-order valence-electron chi connectivity index (χ4n) is 2.96. The maximum atomic E-state index is 12.1. The molecule has 1 amide bonds. The van der Waals surface area contributed by atoms with Crippen LogP contribution in [0.4, 0.5) is 0 Å². The number of aromatic nitrogens is 2. The van der Waals surface area contributed by atoms with Crippen LogP contribution in [0.5, 0.6) is 5.75 Å². The van der Waals surface area contributed by atoms with Gasteiger partial charge in [-0.1, -0.05) is 71.7 Å². The minimum Gasteiger partial charge on any atom is -0.482 e. The molecule has 0 aliphatic heterocycles. The molecule has 0 saturated carbocycles. The number of para-hydroxylation sites is 1. The third kappa shape index (κ3) is 5.35. The highest BCUT2D eigenvalue weighted by atomic mass is 35.5. The van der Waals surface area contributed by atoms with Crippen LogP contribution in [0.15, 0.2) is 90.2 Å². The Kier molecular flexibility index (Phi) is 6.84. The van der Waals surface area contributed by atoms with Gasteiger partial charge < -0.3 is 4.74 Å². The van der Waals surface area contributed by atoms with Crippen molar-refractivity contribution in [1.29, 1.82) is 0 Å². The first-order valence-electron chi connectivity index (χ1n) is 9.70. The zero-order valence-corrected chi connectivity index (χ0v) is 18.3. The second kappa shape index (κ2) is 10.1. The number of hydrogen-bond donors (Lipinski definition) is 1.